The molecule has 3 aromatic rings. The third-order valence-corrected chi connectivity index (χ3v) is 2.94. The van der Waals surface area contributed by atoms with Crippen LogP contribution in [0.4, 0.5) is 8.78 Å². The molecule has 106 valence electrons. The summed E-state index contributed by atoms with van der Waals surface area (Å²) in [4.78, 5) is 11.7. The third-order valence-electron chi connectivity index (χ3n) is 2.94. The summed E-state index contributed by atoms with van der Waals surface area (Å²) < 4.78 is 31.9. The highest BCUT2D eigenvalue weighted by atomic mass is 19.1. The van der Waals surface area contributed by atoms with Gasteiger partial charge in [0.15, 0.2) is 0 Å². The van der Waals surface area contributed by atoms with E-state index in [2.05, 4.69) is 5.10 Å². The van der Waals surface area contributed by atoms with E-state index in [4.69, 9.17) is 4.42 Å². The Labute approximate surface area is 118 Å². The van der Waals surface area contributed by atoms with Crippen LogP contribution in [-0.2, 0) is 6.54 Å². The zero-order valence-corrected chi connectivity index (χ0v) is 10.8. The predicted molar refractivity (Wildman–Crippen MR) is 71.7 cm³/mol. The Hall–Kier alpha value is -2.76. The maximum absolute atomic E-state index is 12.9. The molecule has 0 aliphatic carbocycles. The van der Waals surface area contributed by atoms with Crippen molar-refractivity contribution < 1.29 is 13.2 Å². The molecule has 4 nitrogen and oxygen atoms in total. The van der Waals surface area contributed by atoms with E-state index >= 15 is 0 Å². The molecule has 0 saturated heterocycles. The standard InChI is InChI=1S/C15H10F2N2O2/c16-12-5-1-10(2-6-12)9-19-15(20)21-14(18-19)11-3-7-13(17)8-4-11/h1-8H,9H2. The van der Waals surface area contributed by atoms with Gasteiger partial charge in [-0.2, -0.15) is 4.68 Å². The molecular weight excluding hydrogens is 278 g/mol. The molecular formula is C15H10F2N2O2. The quantitative estimate of drug-likeness (QED) is 0.744. The highest BCUT2D eigenvalue weighted by molar-refractivity contribution is 5.51. The molecule has 21 heavy (non-hydrogen) atoms. The normalized spacial score (nSPS) is 10.8. The molecule has 0 unspecified atom stereocenters. The summed E-state index contributed by atoms with van der Waals surface area (Å²) >= 11 is 0. The van der Waals surface area contributed by atoms with Gasteiger partial charge in [0.1, 0.15) is 11.6 Å². The molecule has 2 aromatic carbocycles. The first kappa shape index (κ1) is 13.2. The zero-order chi connectivity index (χ0) is 14.8. The maximum atomic E-state index is 12.9. The van der Waals surface area contributed by atoms with E-state index in [0.717, 1.165) is 10.2 Å². The van der Waals surface area contributed by atoms with Gasteiger partial charge in [-0.3, -0.25) is 0 Å². The summed E-state index contributed by atoms with van der Waals surface area (Å²) in [5.74, 6) is -1.24. The Bertz CT molecular complexity index is 805. The van der Waals surface area contributed by atoms with Crippen molar-refractivity contribution in [3.63, 3.8) is 0 Å². The molecule has 0 amide bonds. The van der Waals surface area contributed by atoms with E-state index < -0.39 is 5.76 Å². The zero-order valence-electron chi connectivity index (χ0n) is 10.8. The Morgan fingerprint density at radius 1 is 0.952 bits per heavy atom. The predicted octanol–water partition coefficient (Wildman–Crippen LogP) is 2.83. The molecule has 0 N–H and O–H groups in total. The van der Waals surface area contributed by atoms with Crippen LogP contribution in [-0.4, -0.2) is 9.78 Å². The van der Waals surface area contributed by atoms with Crippen LogP contribution in [0, 0.1) is 11.6 Å². The minimum atomic E-state index is -0.626. The molecule has 0 bridgehead atoms. The molecule has 0 spiro atoms. The van der Waals surface area contributed by atoms with Crippen LogP contribution in [0.1, 0.15) is 5.56 Å². The average molecular weight is 288 g/mol. The van der Waals surface area contributed by atoms with Crippen LogP contribution in [0.15, 0.2) is 57.7 Å². The smallest absolute Gasteiger partial charge is 0.388 e. The van der Waals surface area contributed by atoms with Gasteiger partial charge in [-0.05, 0) is 42.0 Å². The van der Waals surface area contributed by atoms with Gasteiger partial charge in [-0.25, -0.2) is 13.6 Å². The second kappa shape index (κ2) is 5.32. The van der Waals surface area contributed by atoms with Crippen molar-refractivity contribution in [3.05, 3.63) is 76.3 Å². The average Bonchev–Trinajstić information content (AvgIpc) is 2.83. The summed E-state index contributed by atoms with van der Waals surface area (Å²) in [5, 5.41) is 4.05. The van der Waals surface area contributed by atoms with E-state index in [1.54, 1.807) is 12.1 Å². The van der Waals surface area contributed by atoms with Crippen LogP contribution in [0.2, 0.25) is 0 Å². The van der Waals surface area contributed by atoms with Crippen molar-refractivity contribution in [1.29, 1.82) is 0 Å². The number of hydrogen-bond acceptors (Lipinski definition) is 3. The molecule has 0 saturated carbocycles. The Balaban J connectivity index is 1.89. The first-order chi connectivity index (χ1) is 10.1. The van der Waals surface area contributed by atoms with Gasteiger partial charge in [-0.1, -0.05) is 12.1 Å². The van der Waals surface area contributed by atoms with Gasteiger partial charge < -0.3 is 4.42 Å². The lowest BCUT2D eigenvalue weighted by Crippen LogP contribution is -2.16. The molecule has 3 rings (SSSR count). The van der Waals surface area contributed by atoms with E-state index in [0.29, 0.717) is 5.56 Å². The minimum absolute atomic E-state index is 0.113. The largest absolute Gasteiger partial charge is 0.437 e. The minimum Gasteiger partial charge on any atom is -0.388 e. The van der Waals surface area contributed by atoms with Gasteiger partial charge in [0.05, 0.1) is 6.54 Å². The first-order valence-electron chi connectivity index (χ1n) is 6.20. The number of nitrogens with zero attached hydrogens (tertiary/aromatic N) is 2. The maximum Gasteiger partial charge on any atom is 0.437 e. The number of benzene rings is 2. The second-order valence-electron chi connectivity index (χ2n) is 4.46. The summed E-state index contributed by atoms with van der Waals surface area (Å²) in [5.41, 5.74) is 1.23. The van der Waals surface area contributed by atoms with Crippen molar-refractivity contribution >= 4 is 0 Å². The van der Waals surface area contributed by atoms with Gasteiger partial charge in [0.2, 0.25) is 5.89 Å². The molecule has 0 atom stereocenters. The number of rotatable bonds is 3. The fourth-order valence-corrected chi connectivity index (χ4v) is 1.88. The molecule has 1 aromatic heterocycles. The van der Waals surface area contributed by atoms with Crippen LogP contribution < -0.4 is 5.76 Å². The van der Waals surface area contributed by atoms with Crippen molar-refractivity contribution in [2.45, 2.75) is 6.54 Å². The summed E-state index contributed by atoms with van der Waals surface area (Å²) in [6.45, 7) is 0.170. The molecule has 0 aliphatic heterocycles. The highest BCUT2D eigenvalue weighted by Gasteiger charge is 2.10. The van der Waals surface area contributed by atoms with Crippen LogP contribution >= 0.6 is 0 Å². The van der Waals surface area contributed by atoms with E-state index in [1.165, 1.54) is 36.4 Å². The highest BCUT2D eigenvalue weighted by Crippen LogP contribution is 2.16. The summed E-state index contributed by atoms with van der Waals surface area (Å²) in [6, 6.07) is 11.2. The van der Waals surface area contributed by atoms with Crippen LogP contribution in [0.3, 0.4) is 0 Å². The lowest BCUT2D eigenvalue weighted by atomic mass is 10.2. The summed E-state index contributed by atoms with van der Waals surface area (Å²) in [6.07, 6.45) is 0. The van der Waals surface area contributed by atoms with E-state index in [-0.39, 0.29) is 24.1 Å². The Kier molecular flexibility index (Phi) is 3.35. The van der Waals surface area contributed by atoms with Crippen molar-refractivity contribution in [2.24, 2.45) is 0 Å². The SMILES string of the molecule is O=c1oc(-c2ccc(F)cc2)nn1Cc1ccc(F)cc1. The lowest BCUT2D eigenvalue weighted by Gasteiger charge is -1.99. The molecule has 0 aliphatic rings. The van der Waals surface area contributed by atoms with Crippen molar-refractivity contribution in [2.75, 3.05) is 0 Å². The molecule has 1 heterocycles. The van der Waals surface area contributed by atoms with Crippen molar-refractivity contribution in [1.82, 2.24) is 9.78 Å². The number of halogens is 2. The van der Waals surface area contributed by atoms with Gasteiger partial charge in [0.25, 0.3) is 0 Å². The topological polar surface area (TPSA) is 48.0 Å². The third kappa shape index (κ3) is 2.89. The van der Waals surface area contributed by atoms with E-state index in [9.17, 15) is 13.6 Å². The lowest BCUT2D eigenvalue weighted by molar-refractivity contribution is 0.495. The number of hydrogen-bond donors (Lipinski definition) is 0. The second-order valence-corrected chi connectivity index (χ2v) is 4.46. The Morgan fingerprint density at radius 3 is 2.14 bits per heavy atom. The number of aromatic nitrogens is 2. The fraction of sp³-hybridized carbons (Fsp3) is 0.0667. The van der Waals surface area contributed by atoms with Crippen LogP contribution in [0.5, 0.6) is 0 Å². The molecule has 6 heteroatoms. The molecule has 0 fully saturated rings. The molecule has 0 radical (unpaired) electrons. The van der Waals surface area contributed by atoms with Crippen LogP contribution in [0.25, 0.3) is 11.5 Å². The Morgan fingerprint density at radius 2 is 1.52 bits per heavy atom. The first-order valence-corrected chi connectivity index (χ1v) is 6.20. The van der Waals surface area contributed by atoms with Gasteiger partial charge in [-0.15, -0.1) is 5.10 Å². The fourth-order valence-electron chi connectivity index (χ4n) is 1.88. The summed E-state index contributed by atoms with van der Waals surface area (Å²) in [7, 11) is 0. The monoisotopic (exact) mass is 288 g/mol. The van der Waals surface area contributed by atoms with Gasteiger partial charge >= 0.3 is 5.76 Å². The van der Waals surface area contributed by atoms with E-state index in [1.807, 2.05) is 0 Å². The van der Waals surface area contributed by atoms with Crippen molar-refractivity contribution in [3.8, 4) is 11.5 Å². The van der Waals surface area contributed by atoms with Gasteiger partial charge in [0, 0.05) is 5.56 Å².